The van der Waals surface area contributed by atoms with Gasteiger partial charge in [0.05, 0.1) is 6.26 Å². The lowest BCUT2D eigenvalue weighted by molar-refractivity contribution is 0.521. The topological polar surface area (TPSA) is 56.7 Å². The molecule has 0 fully saturated rings. The molecule has 5 nitrogen and oxygen atoms in total. The van der Waals surface area contributed by atoms with Gasteiger partial charge in [0.1, 0.15) is 5.52 Å². The van der Waals surface area contributed by atoms with E-state index in [4.69, 9.17) is 4.42 Å². The molecule has 0 saturated heterocycles. The third-order valence-corrected chi connectivity index (χ3v) is 1.92. The minimum absolute atomic E-state index is 0.617. The van der Waals surface area contributed by atoms with Crippen molar-refractivity contribution in [2.45, 2.75) is 0 Å². The Kier molecular flexibility index (Phi) is 1.38. The molecule has 68 valence electrons. The van der Waals surface area contributed by atoms with Crippen LogP contribution in [0.2, 0.25) is 0 Å². The number of pyridine rings is 1. The normalized spacial score (nSPS) is 10.9. The van der Waals surface area contributed by atoms with Crippen LogP contribution in [0.3, 0.4) is 0 Å². The van der Waals surface area contributed by atoms with Gasteiger partial charge in [-0.05, 0) is 18.2 Å². The first-order chi connectivity index (χ1) is 6.95. The third-order valence-electron chi connectivity index (χ3n) is 1.92. The minimum atomic E-state index is 0.617. The number of furan rings is 1. The van der Waals surface area contributed by atoms with Gasteiger partial charge in [-0.2, -0.15) is 4.68 Å². The molecule has 0 bridgehead atoms. The highest BCUT2D eigenvalue weighted by Crippen LogP contribution is 2.13. The first-order valence-electron chi connectivity index (χ1n) is 4.15. The van der Waals surface area contributed by atoms with Gasteiger partial charge in [0.15, 0.2) is 5.65 Å². The van der Waals surface area contributed by atoms with Crippen LogP contribution in [0.1, 0.15) is 0 Å². The van der Waals surface area contributed by atoms with Crippen LogP contribution < -0.4 is 0 Å². The molecule has 0 radical (unpaired) electrons. The van der Waals surface area contributed by atoms with E-state index in [1.165, 1.54) is 0 Å². The standard InChI is InChI=1S/C9H6N4O/c1-3-7-9(10-5-1)13(12-11-7)8-4-2-6-14-8/h1-6H. The van der Waals surface area contributed by atoms with Crippen molar-refractivity contribution in [3.63, 3.8) is 0 Å². The van der Waals surface area contributed by atoms with Gasteiger partial charge in [0.25, 0.3) is 0 Å². The molecule has 0 aromatic carbocycles. The summed E-state index contributed by atoms with van der Waals surface area (Å²) in [5.74, 6) is 0.617. The Balaban J connectivity index is 2.33. The van der Waals surface area contributed by atoms with E-state index in [-0.39, 0.29) is 0 Å². The molecule has 0 unspecified atom stereocenters. The van der Waals surface area contributed by atoms with E-state index in [2.05, 4.69) is 15.3 Å². The summed E-state index contributed by atoms with van der Waals surface area (Å²) in [5.41, 5.74) is 1.45. The Morgan fingerprint density at radius 2 is 2.21 bits per heavy atom. The second kappa shape index (κ2) is 2.66. The number of nitrogens with zero attached hydrogens (tertiary/aromatic N) is 4. The van der Waals surface area contributed by atoms with Gasteiger partial charge in [0.2, 0.25) is 5.88 Å². The summed E-state index contributed by atoms with van der Waals surface area (Å²) in [7, 11) is 0. The zero-order valence-electron chi connectivity index (χ0n) is 7.16. The summed E-state index contributed by atoms with van der Waals surface area (Å²) in [6.45, 7) is 0. The molecule has 0 aliphatic rings. The Hall–Kier alpha value is -2.17. The molecule has 0 N–H and O–H groups in total. The zero-order chi connectivity index (χ0) is 9.38. The fourth-order valence-electron chi connectivity index (χ4n) is 1.30. The van der Waals surface area contributed by atoms with Gasteiger partial charge < -0.3 is 4.42 Å². The van der Waals surface area contributed by atoms with Crippen LogP contribution in [0.25, 0.3) is 17.0 Å². The van der Waals surface area contributed by atoms with E-state index in [0.717, 1.165) is 5.52 Å². The van der Waals surface area contributed by atoms with Crippen LogP contribution in [-0.4, -0.2) is 20.0 Å². The van der Waals surface area contributed by atoms with Crippen molar-refractivity contribution in [3.05, 3.63) is 36.7 Å². The van der Waals surface area contributed by atoms with Crippen molar-refractivity contribution in [2.75, 3.05) is 0 Å². The largest absolute Gasteiger partial charge is 0.447 e. The van der Waals surface area contributed by atoms with Crippen LogP contribution in [0.5, 0.6) is 0 Å². The lowest BCUT2D eigenvalue weighted by Crippen LogP contribution is -1.95. The monoisotopic (exact) mass is 186 g/mol. The van der Waals surface area contributed by atoms with Gasteiger partial charge in [-0.25, -0.2) is 4.98 Å². The number of fused-ring (bicyclic) bond motifs is 1. The van der Waals surface area contributed by atoms with E-state index in [0.29, 0.717) is 11.5 Å². The van der Waals surface area contributed by atoms with Crippen LogP contribution in [-0.2, 0) is 0 Å². The first-order valence-corrected chi connectivity index (χ1v) is 4.15. The molecule has 5 heteroatoms. The van der Waals surface area contributed by atoms with E-state index in [1.54, 1.807) is 23.2 Å². The highest BCUT2D eigenvalue weighted by Gasteiger charge is 2.07. The third kappa shape index (κ3) is 0.922. The second-order valence-electron chi connectivity index (χ2n) is 2.80. The fourth-order valence-corrected chi connectivity index (χ4v) is 1.30. The summed E-state index contributed by atoms with van der Waals surface area (Å²) in [6, 6.07) is 7.28. The number of aromatic nitrogens is 4. The maximum atomic E-state index is 5.21. The van der Waals surface area contributed by atoms with E-state index >= 15 is 0 Å². The molecule has 0 aliphatic carbocycles. The van der Waals surface area contributed by atoms with Crippen LogP contribution in [0.15, 0.2) is 41.1 Å². The van der Waals surface area contributed by atoms with Crippen LogP contribution in [0.4, 0.5) is 0 Å². The summed E-state index contributed by atoms with van der Waals surface area (Å²) in [6.07, 6.45) is 3.29. The van der Waals surface area contributed by atoms with Crippen LogP contribution in [0, 0.1) is 0 Å². The number of hydrogen-bond donors (Lipinski definition) is 0. The van der Waals surface area contributed by atoms with Gasteiger partial charge in [-0.15, -0.1) is 5.10 Å². The maximum Gasteiger partial charge on any atom is 0.223 e. The van der Waals surface area contributed by atoms with Crippen molar-refractivity contribution >= 4 is 11.2 Å². The Morgan fingerprint density at radius 3 is 3.07 bits per heavy atom. The molecule has 3 aromatic rings. The summed E-state index contributed by atoms with van der Waals surface area (Å²) in [4.78, 5) is 4.18. The van der Waals surface area contributed by atoms with E-state index in [1.807, 2.05) is 18.2 Å². The minimum Gasteiger partial charge on any atom is -0.447 e. The summed E-state index contributed by atoms with van der Waals surface area (Å²) < 4.78 is 6.77. The lowest BCUT2D eigenvalue weighted by atomic mass is 10.4. The molecular weight excluding hydrogens is 180 g/mol. The highest BCUT2D eigenvalue weighted by molar-refractivity contribution is 5.70. The molecule has 3 aromatic heterocycles. The van der Waals surface area contributed by atoms with Gasteiger partial charge in [0, 0.05) is 12.3 Å². The van der Waals surface area contributed by atoms with Crippen molar-refractivity contribution in [3.8, 4) is 5.88 Å². The fraction of sp³-hybridized carbons (Fsp3) is 0. The zero-order valence-corrected chi connectivity index (χ0v) is 7.16. The number of hydrogen-bond acceptors (Lipinski definition) is 4. The molecule has 0 amide bonds. The second-order valence-corrected chi connectivity index (χ2v) is 2.80. The van der Waals surface area contributed by atoms with Gasteiger partial charge in [-0.3, -0.25) is 0 Å². The number of rotatable bonds is 1. The molecule has 0 spiro atoms. The Bertz CT molecular complexity index is 555. The molecule has 14 heavy (non-hydrogen) atoms. The Morgan fingerprint density at radius 1 is 1.21 bits per heavy atom. The smallest absolute Gasteiger partial charge is 0.223 e. The summed E-state index contributed by atoms with van der Waals surface area (Å²) >= 11 is 0. The van der Waals surface area contributed by atoms with Crippen molar-refractivity contribution in [2.24, 2.45) is 0 Å². The lowest BCUT2D eigenvalue weighted by Gasteiger charge is -1.93. The maximum absolute atomic E-state index is 5.21. The van der Waals surface area contributed by atoms with Gasteiger partial charge >= 0.3 is 0 Å². The Labute approximate surface area is 79.0 Å². The van der Waals surface area contributed by atoms with E-state index < -0.39 is 0 Å². The van der Waals surface area contributed by atoms with Crippen molar-refractivity contribution in [1.82, 2.24) is 20.0 Å². The van der Waals surface area contributed by atoms with Gasteiger partial charge in [-0.1, -0.05) is 5.21 Å². The quantitative estimate of drug-likeness (QED) is 0.576. The predicted octanol–water partition coefficient (Wildman–Crippen LogP) is 1.41. The molecule has 3 heterocycles. The predicted molar refractivity (Wildman–Crippen MR) is 48.9 cm³/mol. The van der Waals surface area contributed by atoms with Crippen molar-refractivity contribution < 1.29 is 4.42 Å². The van der Waals surface area contributed by atoms with Crippen LogP contribution >= 0.6 is 0 Å². The molecule has 0 saturated carbocycles. The SMILES string of the molecule is c1coc(-n2nnc3cccnc32)c1. The van der Waals surface area contributed by atoms with E-state index in [9.17, 15) is 0 Å². The average Bonchev–Trinajstić information content (AvgIpc) is 2.85. The molecule has 0 atom stereocenters. The average molecular weight is 186 g/mol. The molecular formula is C9H6N4O. The highest BCUT2D eigenvalue weighted by atomic mass is 16.3. The first kappa shape index (κ1) is 7.25. The molecule has 3 rings (SSSR count). The molecule has 0 aliphatic heterocycles. The van der Waals surface area contributed by atoms with Crippen molar-refractivity contribution in [1.29, 1.82) is 0 Å². The summed E-state index contributed by atoms with van der Waals surface area (Å²) in [5, 5.41) is 7.91.